The van der Waals surface area contributed by atoms with Gasteiger partial charge in [0, 0.05) is 6.54 Å². The summed E-state index contributed by atoms with van der Waals surface area (Å²) in [7, 11) is 1.47. The molecule has 3 N–H and O–H groups in total. The second-order valence-corrected chi connectivity index (χ2v) is 5.00. The number of carbonyl (C=O) groups is 1. The standard InChI is InChI=1S/C18H19NO4/c1-23-18-10-13(5-9-17(18)22)2-8-16(21)12-19-11-14-3-6-15(20)7-4-14/h2-10,19-20,22H,11-12H2,1H3. The first-order valence-electron chi connectivity index (χ1n) is 7.15. The van der Waals surface area contributed by atoms with Crippen LogP contribution < -0.4 is 10.1 Å². The lowest BCUT2D eigenvalue weighted by molar-refractivity contribution is -0.113. The topological polar surface area (TPSA) is 78.8 Å². The molecule has 5 nitrogen and oxygen atoms in total. The van der Waals surface area contributed by atoms with Crippen molar-refractivity contribution in [2.45, 2.75) is 6.54 Å². The molecule has 0 spiro atoms. The quantitative estimate of drug-likeness (QED) is 0.684. The Balaban J connectivity index is 1.83. The average molecular weight is 313 g/mol. The lowest BCUT2D eigenvalue weighted by Crippen LogP contribution is -2.20. The molecule has 0 saturated carbocycles. The maximum atomic E-state index is 11.8. The van der Waals surface area contributed by atoms with E-state index in [4.69, 9.17) is 4.74 Å². The number of ether oxygens (including phenoxy) is 1. The van der Waals surface area contributed by atoms with Gasteiger partial charge >= 0.3 is 0 Å². The molecule has 23 heavy (non-hydrogen) atoms. The van der Waals surface area contributed by atoms with E-state index in [1.807, 2.05) is 0 Å². The van der Waals surface area contributed by atoms with Gasteiger partial charge in [-0.2, -0.15) is 0 Å². The number of aromatic hydroxyl groups is 2. The summed E-state index contributed by atoms with van der Waals surface area (Å²) in [5.74, 6) is 0.588. The van der Waals surface area contributed by atoms with Gasteiger partial charge in [-0.1, -0.05) is 24.3 Å². The molecular weight excluding hydrogens is 294 g/mol. The number of carbonyl (C=O) groups excluding carboxylic acids is 1. The highest BCUT2D eigenvalue weighted by atomic mass is 16.5. The summed E-state index contributed by atoms with van der Waals surface area (Å²) in [5, 5.41) is 21.7. The van der Waals surface area contributed by atoms with Crippen LogP contribution in [0, 0.1) is 0 Å². The predicted molar refractivity (Wildman–Crippen MR) is 88.5 cm³/mol. The molecule has 0 aliphatic rings. The van der Waals surface area contributed by atoms with Gasteiger partial charge in [-0.15, -0.1) is 0 Å². The van der Waals surface area contributed by atoms with Gasteiger partial charge in [0.2, 0.25) is 0 Å². The number of hydrogen-bond acceptors (Lipinski definition) is 5. The van der Waals surface area contributed by atoms with Crippen LogP contribution in [-0.4, -0.2) is 29.7 Å². The Bertz CT molecular complexity index is 693. The van der Waals surface area contributed by atoms with Gasteiger partial charge in [0.15, 0.2) is 17.3 Å². The fourth-order valence-electron chi connectivity index (χ4n) is 1.99. The normalized spacial score (nSPS) is 10.8. The smallest absolute Gasteiger partial charge is 0.169 e. The van der Waals surface area contributed by atoms with Gasteiger partial charge in [0.05, 0.1) is 13.7 Å². The molecule has 120 valence electrons. The highest BCUT2D eigenvalue weighted by Gasteiger charge is 2.02. The molecule has 0 bridgehead atoms. The van der Waals surface area contributed by atoms with E-state index in [9.17, 15) is 15.0 Å². The first-order valence-corrected chi connectivity index (χ1v) is 7.15. The molecule has 0 fully saturated rings. The van der Waals surface area contributed by atoms with Crippen molar-refractivity contribution >= 4 is 11.9 Å². The third-order valence-electron chi connectivity index (χ3n) is 3.23. The fourth-order valence-corrected chi connectivity index (χ4v) is 1.99. The van der Waals surface area contributed by atoms with Crippen molar-refractivity contribution in [3.63, 3.8) is 0 Å². The number of rotatable bonds is 7. The summed E-state index contributed by atoms with van der Waals surface area (Å²) in [5.41, 5.74) is 1.76. The van der Waals surface area contributed by atoms with E-state index < -0.39 is 0 Å². The number of hydrogen-bond donors (Lipinski definition) is 3. The molecular formula is C18H19NO4. The highest BCUT2D eigenvalue weighted by Crippen LogP contribution is 2.26. The molecule has 0 aromatic heterocycles. The molecule has 5 heteroatoms. The molecule has 0 amide bonds. The van der Waals surface area contributed by atoms with Crippen LogP contribution in [0.4, 0.5) is 0 Å². The number of phenols is 2. The fraction of sp³-hybridized carbons (Fsp3) is 0.167. The van der Waals surface area contributed by atoms with Crippen molar-refractivity contribution in [1.82, 2.24) is 5.32 Å². The average Bonchev–Trinajstić information content (AvgIpc) is 2.56. The van der Waals surface area contributed by atoms with Crippen molar-refractivity contribution < 1.29 is 19.7 Å². The zero-order valence-corrected chi connectivity index (χ0v) is 12.8. The van der Waals surface area contributed by atoms with Gasteiger partial charge in [0.25, 0.3) is 0 Å². The molecule has 0 aliphatic heterocycles. The number of ketones is 1. The van der Waals surface area contributed by atoms with E-state index in [1.165, 1.54) is 19.3 Å². The molecule has 0 heterocycles. The van der Waals surface area contributed by atoms with Gasteiger partial charge in [-0.3, -0.25) is 4.79 Å². The van der Waals surface area contributed by atoms with Crippen LogP contribution >= 0.6 is 0 Å². The maximum absolute atomic E-state index is 11.8. The van der Waals surface area contributed by atoms with E-state index in [0.717, 1.165) is 11.1 Å². The van der Waals surface area contributed by atoms with Crippen molar-refractivity contribution in [3.05, 3.63) is 59.7 Å². The Kier molecular flexibility index (Phi) is 5.77. The van der Waals surface area contributed by atoms with Crippen LogP contribution in [0.2, 0.25) is 0 Å². The van der Waals surface area contributed by atoms with Crippen LogP contribution in [0.1, 0.15) is 11.1 Å². The molecule has 0 atom stereocenters. The third-order valence-corrected chi connectivity index (χ3v) is 3.23. The second-order valence-electron chi connectivity index (χ2n) is 5.00. The third kappa shape index (κ3) is 5.16. The van der Waals surface area contributed by atoms with E-state index in [2.05, 4.69) is 5.32 Å². The monoisotopic (exact) mass is 313 g/mol. The van der Waals surface area contributed by atoms with Crippen LogP contribution in [0.3, 0.4) is 0 Å². The number of benzene rings is 2. The zero-order chi connectivity index (χ0) is 16.7. The van der Waals surface area contributed by atoms with Gasteiger partial charge in [-0.25, -0.2) is 0 Å². The summed E-state index contributed by atoms with van der Waals surface area (Å²) >= 11 is 0. The van der Waals surface area contributed by atoms with Crippen molar-refractivity contribution in [2.24, 2.45) is 0 Å². The van der Waals surface area contributed by atoms with Gasteiger partial charge in [-0.05, 0) is 41.5 Å². The summed E-state index contributed by atoms with van der Waals surface area (Å²) in [4.78, 5) is 11.8. The highest BCUT2D eigenvalue weighted by molar-refractivity contribution is 5.95. The lowest BCUT2D eigenvalue weighted by atomic mass is 10.1. The predicted octanol–water partition coefficient (Wildman–Crippen LogP) is 2.48. The minimum atomic E-state index is -0.0594. The van der Waals surface area contributed by atoms with Gasteiger partial charge < -0.3 is 20.3 Å². The van der Waals surface area contributed by atoms with E-state index in [1.54, 1.807) is 42.5 Å². The van der Waals surface area contributed by atoms with E-state index >= 15 is 0 Å². The molecule has 2 aromatic rings. The Hall–Kier alpha value is -2.79. The largest absolute Gasteiger partial charge is 0.508 e. The Morgan fingerprint density at radius 1 is 1.17 bits per heavy atom. The Morgan fingerprint density at radius 2 is 1.91 bits per heavy atom. The first kappa shape index (κ1) is 16.6. The number of methoxy groups -OCH3 is 1. The Labute approximate surface area is 134 Å². The first-order chi connectivity index (χ1) is 11.1. The van der Waals surface area contributed by atoms with Crippen molar-refractivity contribution in [2.75, 3.05) is 13.7 Å². The number of phenolic OH excluding ortho intramolecular Hbond substituents is 2. The summed E-state index contributed by atoms with van der Waals surface area (Å²) < 4.78 is 5.02. The van der Waals surface area contributed by atoms with Crippen molar-refractivity contribution in [3.8, 4) is 17.2 Å². The minimum Gasteiger partial charge on any atom is -0.508 e. The molecule has 0 unspecified atom stereocenters. The van der Waals surface area contributed by atoms with Crippen molar-refractivity contribution in [1.29, 1.82) is 0 Å². The van der Waals surface area contributed by atoms with Crippen LogP contribution in [0.15, 0.2) is 48.5 Å². The summed E-state index contributed by atoms with van der Waals surface area (Å²) in [6, 6.07) is 11.7. The molecule has 2 rings (SSSR count). The minimum absolute atomic E-state index is 0.0594. The lowest BCUT2D eigenvalue weighted by Gasteiger charge is -2.04. The molecule has 0 saturated heterocycles. The van der Waals surface area contributed by atoms with Crippen LogP contribution in [0.25, 0.3) is 6.08 Å². The second kappa shape index (κ2) is 8.00. The van der Waals surface area contributed by atoms with Crippen LogP contribution in [0.5, 0.6) is 17.2 Å². The summed E-state index contributed by atoms with van der Waals surface area (Å²) in [6.45, 7) is 0.763. The van der Waals surface area contributed by atoms with E-state index in [-0.39, 0.29) is 23.8 Å². The van der Waals surface area contributed by atoms with Crippen LogP contribution in [-0.2, 0) is 11.3 Å². The van der Waals surface area contributed by atoms with Gasteiger partial charge in [0.1, 0.15) is 5.75 Å². The molecule has 0 aliphatic carbocycles. The van der Waals surface area contributed by atoms with E-state index in [0.29, 0.717) is 12.3 Å². The number of nitrogens with one attached hydrogen (secondary N) is 1. The Morgan fingerprint density at radius 3 is 2.61 bits per heavy atom. The SMILES string of the molecule is COc1cc(C=CC(=O)CNCc2ccc(O)cc2)ccc1O. The zero-order valence-electron chi connectivity index (χ0n) is 12.8. The maximum Gasteiger partial charge on any atom is 0.169 e. The molecule has 0 radical (unpaired) electrons. The summed E-state index contributed by atoms with van der Waals surface area (Å²) in [6.07, 6.45) is 3.15. The molecule has 2 aromatic carbocycles.